The van der Waals surface area contributed by atoms with Crippen LogP contribution in [-0.2, 0) is 28.7 Å². The number of benzene rings is 1. The molecule has 0 bridgehead atoms. The van der Waals surface area contributed by atoms with Crippen molar-refractivity contribution in [2.75, 3.05) is 70.5 Å². The zero-order chi connectivity index (χ0) is 34.2. The molecule has 48 heavy (non-hydrogen) atoms. The van der Waals surface area contributed by atoms with Gasteiger partial charge in [0, 0.05) is 80.2 Å². The third kappa shape index (κ3) is 7.71. The monoisotopic (exact) mass is 755 g/mol. The first-order valence-electron chi connectivity index (χ1n) is 16.3. The first kappa shape index (κ1) is 34.8. The van der Waals surface area contributed by atoms with E-state index < -0.39 is 35.5 Å². The molecular formula is C32H41BrF3N7O4S. The van der Waals surface area contributed by atoms with E-state index in [2.05, 4.69) is 38.1 Å². The van der Waals surface area contributed by atoms with E-state index in [1.807, 2.05) is 11.4 Å². The predicted molar refractivity (Wildman–Crippen MR) is 180 cm³/mol. The molecule has 6 rings (SSSR count). The molecule has 0 saturated carbocycles. The average molecular weight is 757 g/mol. The number of nitrogens with two attached hydrogens (primary N) is 1. The van der Waals surface area contributed by atoms with Gasteiger partial charge < -0.3 is 35.4 Å². The van der Waals surface area contributed by atoms with Crippen LogP contribution in [-0.4, -0.2) is 120 Å². The largest absolute Gasteiger partial charge is 0.436 e. The van der Waals surface area contributed by atoms with Gasteiger partial charge in [-0.1, -0.05) is 0 Å². The number of rotatable bonds is 6. The maximum Gasteiger partial charge on any atom is 0.418 e. The van der Waals surface area contributed by atoms with Crippen LogP contribution in [0.25, 0.3) is 0 Å². The Kier molecular flexibility index (Phi) is 10.4. The highest BCUT2D eigenvalue weighted by Crippen LogP contribution is 2.38. The SMILES string of the molecule is CN1CCN(C2CCN(C(=O)[C@@H](Cc3cc(Br)c(N)c(C(F)(F)F)c3)OC(=O)N3CCC(N4Cc5sccc5NC4=O)CC3)CC2)CC1. The van der Waals surface area contributed by atoms with Gasteiger partial charge in [0.25, 0.3) is 5.91 Å². The number of amides is 4. The second-order valence-corrected chi connectivity index (χ2v) is 14.9. The molecular weight excluding hydrogens is 715 g/mol. The number of urea groups is 1. The summed E-state index contributed by atoms with van der Waals surface area (Å²) in [5.41, 5.74) is 5.27. The Morgan fingerprint density at radius 1 is 1.02 bits per heavy atom. The lowest BCUT2D eigenvalue weighted by Crippen LogP contribution is -2.54. The molecule has 16 heteroatoms. The number of anilines is 2. The van der Waals surface area contributed by atoms with Crippen molar-refractivity contribution in [3.8, 4) is 0 Å². The van der Waals surface area contributed by atoms with Crippen molar-refractivity contribution in [3.63, 3.8) is 0 Å². The van der Waals surface area contributed by atoms with E-state index in [1.165, 1.54) is 11.0 Å². The molecule has 2 aromatic rings. The van der Waals surface area contributed by atoms with E-state index in [0.717, 1.165) is 55.7 Å². The smallest absolute Gasteiger partial charge is 0.418 e. The van der Waals surface area contributed by atoms with Crippen molar-refractivity contribution in [2.45, 2.75) is 63.0 Å². The summed E-state index contributed by atoms with van der Waals surface area (Å²) in [5, 5.41) is 4.86. The van der Waals surface area contributed by atoms with Crippen LogP contribution in [0.5, 0.6) is 0 Å². The summed E-state index contributed by atoms with van der Waals surface area (Å²) < 4.78 is 47.3. The number of ether oxygens (including phenoxy) is 1. The van der Waals surface area contributed by atoms with Gasteiger partial charge in [-0.3, -0.25) is 9.69 Å². The quantitative estimate of drug-likeness (QED) is 0.403. The number of thiophene rings is 1. The molecule has 262 valence electrons. The number of nitrogen functional groups attached to an aromatic ring is 1. The van der Waals surface area contributed by atoms with E-state index in [-0.39, 0.29) is 28.5 Å². The van der Waals surface area contributed by atoms with Gasteiger partial charge in [0.05, 0.1) is 23.5 Å². The van der Waals surface area contributed by atoms with Gasteiger partial charge in [0.15, 0.2) is 6.10 Å². The fourth-order valence-electron chi connectivity index (χ4n) is 7.10. The van der Waals surface area contributed by atoms with Crippen LogP contribution in [0.3, 0.4) is 0 Å². The van der Waals surface area contributed by atoms with Gasteiger partial charge in [-0.15, -0.1) is 11.3 Å². The molecule has 4 aliphatic heterocycles. The topological polar surface area (TPSA) is 115 Å². The van der Waals surface area contributed by atoms with Gasteiger partial charge in [0.1, 0.15) is 0 Å². The van der Waals surface area contributed by atoms with Gasteiger partial charge >= 0.3 is 18.3 Å². The van der Waals surface area contributed by atoms with Crippen LogP contribution in [0, 0.1) is 0 Å². The summed E-state index contributed by atoms with van der Waals surface area (Å²) in [6.45, 7) is 6.00. The lowest BCUT2D eigenvalue weighted by molar-refractivity contribution is -0.142. The molecule has 5 heterocycles. The molecule has 4 amide bonds. The highest BCUT2D eigenvalue weighted by molar-refractivity contribution is 9.10. The summed E-state index contributed by atoms with van der Waals surface area (Å²) in [6, 6.07) is 4.34. The standard InChI is InChI=1S/C32H41BrF3N7O4S/c1-39-11-13-40(14-12-39)21-2-7-41(8-3-21)29(44)26(18-20-16-23(32(34,35)36)28(37)24(33)17-20)47-31(46)42-9-4-22(5-10-42)43-19-27-25(6-15-48-27)38-30(43)45/h6,15-17,21-22,26H,2-5,7-14,18-19,37H2,1H3,(H,38,45)/t26-/m1/s1. The van der Waals surface area contributed by atoms with Crippen molar-refractivity contribution in [1.29, 1.82) is 0 Å². The molecule has 4 aliphatic rings. The number of fused-ring (bicyclic) bond motifs is 1. The Balaban J connectivity index is 1.13. The summed E-state index contributed by atoms with van der Waals surface area (Å²) in [6.07, 6.45) is -4.37. The van der Waals surface area contributed by atoms with Crippen molar-refractivity contribution in [2.24, 2.45) is 0 Å². The highest BCUT2D eigenvalue weighted by atomic mass is 79.9. The molecule has 3 saturated heterocycles. The fraction of sp³-hybridized carbons (Fsp3) is 0.594. The molecule has 11 nitrogen and oxygen atoms in total. The number of likely N-dealkylation sites (N-methyl/N-ethyl adjacent to an activating group) is 1. The zero-order valence-corrected chi connectivity index (χ0v) is 29.2. The van der Waals surface area contributed by atoms with E-state index in [4.69, 9.17) is 10.5 Å². The van der Waals surface area contributed by atoms with Gasteiger partial charge in [0.2, 0.25) is 0 Å². The average Bonchev–Trinajstić information content (AvgIpc) is 3.52. The second kappa shape index (κ2) is 14.4. The van der Waals surface area contributed by atoms with Crippen molar-refractivity contribution in [1.82, 2.24) is 24.5 Å². The third-order valence-electron chi connectivity index (χ3n) is 9.99. The Morgan fingerprint density at radius 2 is 1.67 bits per heavy atom. The number of piperidine rings is 2. The number of hydrogen-bond donors (Lipinski definition) is 2. The van der Waals surface area contributed by atoms with Crippen molar-refractivity contribution in [3.05, 3.63) is 44.1 Å². The molecule has 0 spiro atoms. The summed E-state index contributed by atoms with van der Waals surface area (Å²) in [7, 11) is 2.10. The molecule has 0 radical (unpaired) electrons. The predicted octanol–water partition coefficient (Wildman–Crippen LogP) is 4.91. The molecule has 1 aromatic carbocycles. The van der Waals surface area contributed by atoms with E-state index >= 15 is 0 Å². The first-order valence-corrected chi connectivity index (χ1v) is 18.0. The molecule has 1 atom stereocenters. The van der Waals surface area contributed by atoms with Crippen molar-refractivity contribution >= 4 is 56.7 Å². The molecule has 3 N–H and O–H groups in total. The third-order valence-corrected chi connectivity index (χ3v) is 11.6. The number of hydrogen-bond acceptors (Lipinski definition) is 8. The number of alkyl halides is 3. The number of nitrogens with one attached hydrogen (secondary N) is 1. The number of likely N-dealkylation sites (tertiary alicyclic amines) is 2. The van der Waals surface area contributed by atoms with Crippen LogP contribution in [0.2, 0.25) is 0 Å². The van der Waals surface area contributed by atoms with Crippen LogP contribution < -0.4 is 11.1 Å². The van der Waals surface area contributed by atoms with Gasteiger partial charge in [-0.05, 0) is 77.8 Å². The van der Waals surface area contributed by atoms with Crippen LogP contribution >= 0.6 is 27.3 Å². The Labute approximate surface area is 290 Å². The van der Waals surface area contributed by atoms with Crippen LogP contribution in [0.4, 0.5) is 34.1 Å². The van der Waals surface area contributed by atoms with Crippen molar-refractivity contribution < 1.29 is 32.3 Å². The van der Waals surface area contributed by atoms with E-state index in [0.29, 0.717) is 51.6 Å². The van der Waals surface area contributed by atoms with Gasteiger partial charge in [-0.25, -0.2) is 9.59 Å². The van der Waals surface area contributed by atoms with Gasteiger partial charge in [-0.2, -0.15) is 13.2 Å². The summed E-state index contributed by atoms with van der Waals surface area (Å²) in [5.74, 6) is -0.423. The molecule has 0 unspecified atom stereocenters. The van der Waals surface area contributed by atoms with Crippen LogP contribution in [0.15, 0.2) is 28.1 Å². The number of nitrogens with zero attached hydrogens (tertiary/aromatic N) is 5. The minimum atomic E-state index is -4.70. The minimum absolute atomic E-state index is 0.0522. The number of halogens is 4. The number of piperazine rings is 1. The first-order chi connectivity index (χ1) is 22.9. The highest BCUT2D eigenvalue weighted by Gasteiger charge is 2.38. The Bertz CT molecular complexity index is 1500. The minimum Gasteiger partial charge on any atom is -0.436 e. The fourth-order valence-corrected chi connectivity index (χ4v) is 8.44. The Morgan fingerprint density at radius 3 is 2.33 bits per heavy atom. The lowest BCUT2D eigenvalue weighted by atomic mass is 9.99. The Hall–Kier alpha value is -3.08. The molecule has 3 fully saturated rings. The van der Waals surface area contributed by atoms with E-state index in [1.54, 1.807) is 21.1 Å². The zero-order valence-electron chi connectivity index (χ0n) is 26.8. The lowest BCUT2D eigenvalue weighted by Gasteiger charge is -2.42. The number of carbonyl (C=O) groups is 3. The maximum atomic E-state index is 14.0. The summed E-state index contributed by atoms with van der Waals surface area (Å²) >= 11 is 4.71. The molecule has 1 aromatic heterocycles. The normalized spacial score (nSPS) is 21.2. The molecule has 0 aliphatic carbocycles. The van der Waals surface area contributed by atoms with E-state index in [9.17, 15) is 27.6 Å². The maximum absolute atomic E-state index is 14.0. The van der Waals surface area contributed by atoms with Crippen LogP contribution in [0.1, 0.15) is 41.7 Å². The summed E-state index contributed by atoms with van der Waals surface area (Å²) in [4.78, 5) is 51.0. The second-order valence-electron chi connectivity index (χ2n) is 13.0. The number of carbonyl (C=O) groups excluding carboxylic acids is 3.